The second-order valence-electron chi connectivity index (χ2n) is 4.07. The van der Waals surface area contributed by atoms with E-state index in [1.165, 1.54) is 12.1 Å². The van der Waals surface area contributed by atoms with Crippen LogP contribution in [-0.4, -0.2) is 14.5 Å². The Kier molecular flexibility index (Phi) is 8.06. The third-order valence-electron chi connectivity index (χ3n) is 2.76. The minimum absolute atomic E-state index is 0. The van der Waals surface area contributed by atoms with E-state index < -0.39 is 10.0 Å². The molecule has 0 saturated heterocycles. The summed E-state index contributed by atoms with van der Waals surface area (Å²) in [5.41, 5.74) is 0. The first kappa shape index (κ1) is 18.4. The van der Waals surface area contributed by atoms with Crippen molar-refractivity contribution in [1.29, 1.82) is 0 Å². The van der Waals surface area contributed by atoms with Gasteiger partial charge in [-0.15, -0.1) is 6.04 Å². The Bertz CT molecular complexity index is 461. The van der Waals surface area contributed by atoms with Gasteiger partial charge in [0.05, 0.1) is 4.90 Å². The van der Waals surface area contributed by atoms with Crippen LogP contribution in [0.15, 0.2) is 29.2 Å². The van der Waals surface area contributed by atoms with Crippen molar-refractivity contribution in [2.24, 2.45) is 5.92 Å². The van der Waals surface area contributed by atoms with Crippen molar-refractivity contribution >= 4 is 21.6 Å². The smallest absolute Gasteiger partial charge is 0.325 e. The SMILES string of the molecule is [CH2-][C@@H](NS(=O)(=O)c1ccc(Cl)cc1)[C@@H](C)CC.[Na+]. The Balaban J connectivity index is 0.00000289. The molecular weight excluding hydrogens is 281 g/mol. The van der Waals surface area contributed by atoms with Crippen LogP contribution in [0.4, 0.5) is 0 Å². The second-order valence-corrected chi connectivity index (χ2v) is 6.22. The molecule has 1 aromatic carbocycles. The normalized spacial score (nSPS) is 14.7. The Hall–Kier alpha value is 0.420. The van der Waals surface area contributed by atoms with Crippen LogP contribution in [0.3, 0.4) is 0 Å². The molecule has 0 unspecified atom stereocenters. The first-order valence-electron chi connectivity index (χ1n) is 5.47. The zero-order chi connectivity index (χ0) is 13.1. The van der Waals surface area contributed by atoms with E-state index >= 15 is 0 Å². The fraction of sp³-hybridized carbons (Fsp3) is 0.417. The average Bonchev–Trinajstić information content (AvgIpc) is 2.27. The molecule has 1 N–H and O–H groups in total. The van der Waals surface area contributed by atoms with Gasteiger partial charge in [0.25, 0.3) is 0 Å². The van der Waals surface area contributed by atoms with E-state index in [2.05, 4.69) is 11.6 Å². The largest absolute Gasteiger partial charge is 1.00 e. The summed E-state index contributed by atoms with van der Waals surface area (Å²) in [6, 6.07) is 5.73. The van der Waals surface area contributed by atoms with E-state index in [1.807, 2.05) is 13.8 Å². The van der Waals surface area contributed by atoms with Crippen LogP contribution in [0.1, 0.15) is 20.3 Å². The van der Waals surface area contributed by atoms with Gasteiger partial charge < -0.3 is 6.92 Å². The van der Waals surface area contributed by atoms with Gasteiger partial charge in [-0.3, -0.25) is 0 Å². The van der Waals surface area contributed by atoms with Crippen LogP contribution in [0.2, 0.25) is 5.02 Å². The molecule has 0 aliphatic rings. The monoisotopic (exact) mass is 297 g/mol. The van der Waals surface area contributed by atoms with Crippen molar-refractivity contribution in [2.45, 2.75) is 31.2 Å². The Morgan fingerprint density at radius 3 is 2.28 bits per heavy atom. The summed E-state index contributed by atoms with van der Waals surface area (Å²) < 4.78 is 26.5. The van der Waals surface area contributed by atoms with E-state index in [9.17, 15) is 8.42 Å². The summed E-state index contributed by atoms with van der Waals surface area (Å²) in [4.78, 5) is 0.207. The van der Waals surface area contributed by atoms with Gasteiger partial charge in [0.2, 0.25) is 10.0 Å². The molecule has 0 amide bonds. The minimum atomic E-state index is -3.50. The quantitative estimate of drug-likeness (QED) is 0.608. The molecule has 6 heteroatoms. The van der Waals surface area contributed by atoms with Gasteiger partial charge in [0, 0.05) is 5.02 Å². The van der Waals surface area contributed by atoms with Crippen LogP contribution in [0, 0.1) is 12.8 Å². The molecule has 0 aromatic heterocycles. The maximum atomic E-state index is 12.0. The third-order valence-corrected chi connectivity index (χ3v) is 4.52. The topological polar surface area (TPSA) is 46.2 Å². The van der Waals surface area contributed by atoms with Crippen LogP contribution in [0.5, 0.6) is 0 Å². The van der Waals surface area contributed by atoms with Gasteiger partial charge in [-0.25, -0.2) is 13.1 Å². The minimum Gasteiger partial charge on any atom is -0.325 e. The number of rotatable bonds is 5. The maximum Gasteiger partial charge on any atom is 1.00 e. The maximum absolute atomic E-state index is 12.0. The first-order valence-corrected chi connectivity index (χ1v) is 7.34. The van der Waals surface area contributed by atoms with E-state index in [0.717, 1.165) is 6.42 Å². The fourth-order valence-corrected chi connectivity index (χ4v) is 2.67. The molecule has 18 heavy (non-hydrogen) atoms. The third kappa shape index (κ3) is 5.19. The standard InChI is InChI=1S/C12H17ClNO2S.Na/c1-4-9(2)10(3)14-17(15,16)12-7-5-11(13)6-8-12;/h5-10,14H,3-4H2,1-2H3;/q-1;+1/t9-,10+;/m0./s1. The molecular formula is C12H17ClNNaO2S. The number of sulfonamides is 1. The molecule has 96 valence electrons. The summed E-state index contributed by atoms with van der Waals surface area (Å²) in [5, 5.41) is 0.511. The summed E-state index contributed by atoms with van der Waals surface area (Å²) in [7, 11) is -3.50. The zero-order valence-corrected chi connectivity index (χ0v) is 14.6. The summed E-state index contributed by atoms with van der Waals surface area (Å²) in [6.45, 7) is 7.78. The van der Waals surface area contributed by atoms with E-state index in [4.69, 9.17) is 11.6 Å². The first-order chi connectivity index (χ1) is 7.86. The van der Waals surface area contributed by atoms with Crippen LogP contribution < -0.4 is 34.3 Å². The molecule has 0 heterocycles. The van der Waals surface area contributed by atoms with Crippen molar-refractivity contribution in [3.05, 3.63) is 36.2 Å². The van der Waals surface area contributed by atoms with Crippen LogP contribution in [0.25, 0.3) is 0 Å². The van der Waals surface area contributed by atoms with E-state index in [1.54, 1.807) is 12.1 Å². The van der Waals surface area contributed by atoms with Crippen LogP contribution >= 0.6 is 11.6 Å². The van der Waals surface area contributed by atoms with Crippen molar-refractivity contribution in [2.75, 3.05) is 0 Å². The predicted molar refractivity (Wildman–Crippen MR) is 70.4 cm³/mol. The molecule has 0 bridgehead atoms. The molecule has 2 atom stereocenters. The number of hydrogen-bond acceptors (Lipinski definition) is 2. The van der Waals surface area contributed by atoms with Gasteiger partial charge in [-0.05, 0) is 24.3 Å². The number of nitrogens with one attached hydrogen (secondary N) is 1. The van der Waals surface area contributed by atoms with Gasteiger partial charge in [0.15, 0.2) is 0 Å². The van der Waals surface area contributed by atoms with E-state index in [0.29, 0.717) is 5.02 Å². The summed E-state index contributed by atoms with van der Waals surface area (Å²) >= 11 is 5.71. The average molecular weight is 298 g/mol. The Morgan fingerprint density at radius 2 is 1.83 bits per heavy atom. The fourth-order valence-electron chi connectivity index (χ4n) is 1.28. The number of benzene rings is 1. The van der Waals surface area contributed by atoms with Crippen molar-refractivity contribution in [3.8, 4) is 0 Å². The molecule has 1 aromatic rings. The van der Waals surface area contributed by atoms with E-state index in [-0.39, 0.29) is 46.4 Å². The van der Waals surface area contributed by atoms with Gasteiger partial charge in [-0.2, -0.15) is 0 Å². The molecule has 0 aliphatic carbocycles. The molecule has 1 rings (SSSR count). The Labute approximate surface area is 137 Å². The molecule has 3 nitrogen and oxygen atoms in total. The van der Waals surface area contributed by atoms with Crippen LogP contribution in [-0.2, 0) is 10.0 Å². The van der Waals surface area contributed by atoms with Gasteiger partial charge in [-0.1, -0.05) is 37.8 Å². The second kappa shape index (κ2) is 7.88. The molecule has 0 spiro atoms. The number of hydrogen-bond donors (Lipinski definition) is 1. The van der Waals surface area contributed by atoms with Crippen molar-refractivity contribution < 1.29 is 38.0 Å². The zero-order valence-electron chi connectivity index (χ0n) is 11.0. The van der Waals surface area contributed by atoms with Gasteiger partial charge in [0.1, 0.15) is 0 Å². The summed E-state index contributed by atoms with van der Waals surface area (Å²) in [5.74, 6) is 0.192. The molecule has 0 aliphatic heterocycles. The van der Waals surface area contributed by atoms with Crippen molar-refractivity contribution in [1.82, 2.24) is 4.72 Å². The van der Waals surface area contributed by atoms with Gasteiger partial charge >= 0.3 is 29.6 Å². The molecule has 0 saturated carbocycles. The Morgan fingerprint density at radius 1 is 1.33 bits per heavy atom. The number of halogens is 1. The molecule has 0 radical (unpaired) electrons. The molecule has 0 fully saturated rings. The van der Waals surface area contributed by atoms with Crippen molar-refractivity contribution in [3.63, 3.8) is 0 Å². The predicted octanol–water partition coefficient (Wildman–Crippen LogP) is -0.129. The summed E-state index contributed by atoms with van der Waals surface area (Å²) in [6.07, 6.45) is 0.872.